The fourth-order valence-corrected chi connectivity index (χ4v) is 5.45. The number of aliphatic hydroxyl groups is 1. The molecule has 248 valence electrons. The van der Waals surface area contributed by atoms with Gasteiger partial charge >= 0.3 is 25.3 Å². The molecule has 1 aromatic heterocycles. The number of aliphatic hydroxyl groups excluding tert-OH is 1. The van der Waals surface area contributed by atoms with Crippen molar-refractivity contribution >= 4 is 25.4 Å². The molecule has 19 heteroatoms. The molecule has 44 heavy (non-hydrogen) atoms. The highest BCUT2D eigenvalue weighted by Gasteiger charge is 2.57. The maximum absolute atomic E-state index is 15.6. The van der Waals surface area contributed by atoms with Crippen molar-refractivity contribution in [2.45, 2.75) is 91.7 Å². The summed E-state index contributed by atoms with van der Waals surface area (Å²) in [5.74, 6) is -1.78. The lowest BCUT2D eigenvalue weighted by Gasteiger charge is -2.31. The maximum atomic E-state index is 15.6. The number of azide groups is 1. The number of rotatable bonds is 13. The second-order valence-corrected chi connectivity index (χ2v) is 14.7. The van der Waals surface area contributed by atoms with Crippen molar-refractivity contribution in [3.05, 3.63) is 33.2 Å². The number of hydrogen-bond donors (Lipinski definition) is 4. The molecule has 1 aliphatic rings. The molecule has 2 heterocycles. The van der Waals surface area contributed by atoms with Gasteiger partial charge in [0.25, 0.3) is 0 Å². The first kappa shape index (κ1) is 37.1. The molecule has 0 radical (unpaired) electrons. The van der Waals surface area contributed by atoms with Gasteiger partial charge in [-0.05, 0) is 36.3 Å². The summed E-state index contributed by atoms with van der Waals surface area (Å²) in [5.41, 5.74) is 10.3. The van der Waals surface area contributed by atoms with E-state index in [9.17, 15) is 29.6 Å². The number of nitrogens with one attached hydrogen (secondary N) is 2. The summed E-state index contributed by atoms with van der Waals surface area (Å²) >= 11 is 0. The van der Waals surface area contributed by atoms with Gasteiger partial charge in [0.2, 0.25) is 5.72 Å². The monoisotopic (exact) mass is 648 g/mol. The van der Waals surface area contributed by atoms with Crippen molar-refractivity contribution in [3.8, 4) is 0 Å². The zero-order chi connectivity index (χ0) is 33.7. The van der Waals surface area contributed by atoms with Crippen molar-refractivity contribution in [1.29, 1.82) is 0 Å². The van der Waals surface area contributed by atoms with Gasteiger partial charge < -0.3 is 29.6 Å². The number of carbonyl (C=O) groups is 2. The van der Waals surface area contributed by atoms with Crippen LogP contribution >= 0.6 is 7.67 Å². The first-order chi connectivity index (χ1) is 20.1. The van der Waals surface area contributed by atoms with E-state index < -0.39 is 68.2 Å². The first-order valence-corrected chi connectivity index (χ1v) is 15.3. The predicted octanol–water partition coefficient (Wildman–Crippen LogP) is 2.32. The average Bonchev–Trinajstić information content (AvgIpc) is 3.14. The molecule has 1 saturated heterocycles. The molecule has 1 fully saturated rings. The number of nitrogens with zero attached hydrogens (tertiary/aromatic N) is 5. The zero-order valence-corrected chi connectivity index (χ0v) is 26.9. The minimum Gasteiger partial charge on any atom is -0.464 e. The molecule has 0 aliphatic carbocycles. The normalized spacial score (nSPS) is 23.8. The van der Waals surface area contributed by atoms with Gasteiger partial charge in [0.1, 0.15) is 24.0 Å². The topological polar surface area (TPSA) is 242 Å². The summed E-state index contributed by atoms with van der Waals surface area (Å²) in [6.45, 7) is 12.6. The van der Waals surface area contributed by atoms with E-state index in [1.54, 1.807) is 0 Å². The van der Waals surface area contributed by atoms with E-state index >= 15 is 4.39 Å². The highest BCUT2D eigenvalue weighted by atomic mass is 31.2. The molecule has 5 N–H and O–H groups in total. The average molecular weight is 649 g/mol. The largest absolute Gasteiger partial charge is 0.464 e. The Balaban J connectivity index is 2.37. The van der Waals surface area contributed by atoms with Crippen LogP contribution in [0.15, 0.2) is 22.2 Å². The summed E-state index contributed by atoms with van der Waals surface area (Å²) in [4.78, 5) is 43.7. The Morgan fingerprint density at radius 1 is 1.20 bits per heavy atom. The molecular weight excluding hydrogens is 606 g/mol. The highest BCUT2D eigenvalue weighted by Crippen LogP contribution is 2.46. The number of hydrogen-bond acceptors (Lipinski definition) is 12. The van der Waals surface area contributed by atoms with Crippen LogP contribution in [0.3, 0.4) is 0 Å². The molecule has 0 bridgehead atoms. The Morgan fingerprint density at radius 2 is 1.70 bits per heavy atom. The number of ether oxygens (including phenoxy) is 3. The minimum atomic E-state index is -4.55. The minimum absolute atomic E-state index is 0.0297. The molecule has 1 aliphatic heterocycles. The number of carbonyl (C=O) groups excluding carboxylic acids is 2. The van der Waals surface area contributed by atoms with Crippen LogP contribution in [0, 0.1) is 10.8 Å². The zero-order valence-electron chi connectivity index (χ0n) is 26.0. The third-order valence-electron chi connectivity index (χ3n) is 5.87. The van der Waals surface area contributed by atoms with Crippen LogP contribution in [0.25, 0.3) is 10.4 Å². The van der Waals surface area contributed by atoms with Gasteiger partial charge in [-0.25, -0.2) is 19.4 Å². The van der Waals surface area contributed by atoms with Crippen LogP contribution in [0.5, 0.6) is 0 Å². The van der Waals surface area contributed by atoms with Crippen LogP contribution in [0.2, 0.25) is 0 Å². The molecule has 0 spiro atoms. The number of alkyl halides is 1. The van der Waals surface area contributed by atoms with E-state index in [0.29, 0.717) is 0 Å². The van der Waals surface area contributed by atoms with E-state index in [4.69, 9.17) is 24.5 Å². The molecule has 17 nitrogen and oxygen atoms in total. The molecule has 0 amide bonds. The molecule has 0 aromatic carbocycles. The number of nitrogen functional groups attached to an aromatic ring is 1. The van der Waals surface area contributed by atoms with Crippen LogP contribution < -0.4 is 21.6 Å². The third kappa shape index (κ3) is 10.2. The van der Waals surface area contributed by atoms with Crippen molar-refractivity contribution in [3.63, 3.8) is 0 Å². The van der Waals surface area contributed by atoms with Gasteiger partial charge in [0.05, 0.1) is 19.8 Å². The molecule has 0 unspecified atom stereocenters. The highest BCUT2D eigenvalue weighted by molar-refractivity contribution is 7.54. The lowest BCUT2D eigenvalue weighted by atomic mass is 9.99. The Hall–Kier alpha value is -3.11. The molecular formula is C25H42FN8O9P. The third-order valence-corrected chi connectivity index (χ3v) is 7.82. The van der Waals surface area contributed by atoms with Gasteiger partial charge in [-0.15, -0.1) is 0 Å². The van der Waals surface area contributed by atoms with Crippen molar-refractivity contribution < 1.29 is 42.4 Å². The van der Waals surface area contributed by atoms with Crippen LogP contribution in [-0.2, 0) is 32.9 Å². The van der Waals surface area contributed by atoms with Gasteiger partial charge in [-0.3, -0.25) is 18.7 Å². The molecule has 0 saturated carbocycles. The lowest BCUT2D eigenvalue weighted by molar-refractivity contribution is -0.148. The van der Waals surface area contributed by atoms with Gasteiger partial charge in [0.15, 0.2) is 12.4 Å². The number of aromatic nitrogens is 2. The SMILES string of the molecule is C[C@H](NP(=O)(N[C@@H](C)C(=O)OCC(C)(C)C)OC[C@@]1(N=[N+]=[N-])O[C@@H](n2ccc(N)nc2=O)[C@H](O)[C@@H]1F)C(=O)OCC(C)(C)C. The Morgan fingerprint density at radius 3 is 2.14 bits per heavy atom. The summed E-state index contributed by atoms with van der Waals surface area (Å²) in [6, 6.07) is -1.38. The second kappa shape index (κ2) is 14.3. The molecule has 2 rings (SSSR count). The van der Waals surface area contributed by atoms with E-state index in [0.717, 1.165) is 10.8 Å². The summed E-state index contributed by atoms with van der Waals surface area (Å²) in [5, 5.41) is 18.8. The Labute approximate surface area is 254 Å². The lowest BCUT2D eigenvalue weighted by Crippen LogP contribution is -2.46. The van der Waals surface area contributed by atoms with Crippen LogP contribution in [0.4, 0.5) is 10.2 Å². The van der Waals surface area contributed by atoms with Crippen LogP contribution in [-0.4, -0.2) is 76.5 Å². The van der Waals surface area contributed by atoms with E-state index in [-0.39, 0.29) is 29.9 Å². The predicted molar refractivity (Wildman–Crippen MR) is 155 cm³/mol. The van der Waals surface area contributed by atoms with Gasteiger partial charge in [0, 0.05) is 11.1 Å². The van der Waals surface area contributed by atoms with Crippen molar-refractivity contribution in [2.75, 3.05) is 25.6 Å². The van der Waals surface area contributed by atoms with Gasteiger partial charge in [-0.2, -0.15) is 4.98 Å². The summed E-state index contributed by atoms with van der Waals surface area (Å²) < 4.78 is 51.9. The number of nitrogens with two attached hydrogens (primary N) is 1. The Bertz CT molecular complexity index is 1300. The number of halogens is 1. The van der Waals surface area contributed by atoms with Crippen LogP contribution in [0.1, 0.15) is 61.6 Å². The fraction of sp³-hybridized carbons (Fsp3) is 0.760. The molecule has 6 atom stereocenters. The Kier molecular flexibility index (Phi) is 12.1. The van der Waals surface area contributed by atoms with E-state index in [1.807, 2.05) is 41.5 Å². The van der Waals surface area contributed by atoms with E-state index in [2.05, 4.69) is 25.2 Å². The molecule has 1 aromatic rings. The number of esters is 2. The quantitative estimate of drug-likeness (QED) is 0.0790. The summed E-state index contributed by atoms with van der Waals surface area (Å²) in [7, 11) is -4.55. The second-order valence-electron chi connectivity index (χ2n) is 12.8. The maximum Gasteiger partial charge on any atom is 0.351 e. The fourth-order valence-electron chi connectivity index (χ4n) is 3.63. The van der Waals surface area contributed by atoms with Crippen molar-refractivity contribution in [2.24, 2.45) is 15.9 Å². The van der Waals surface area contributed by atoms with Crippen molar-refractivity contribution in [1.82, 2.24) is 19.7 Å². The smallest absolute Gasteiger partial charge is 0.351 e. The summed E-state index contributed by atoms with van der Waals surface area (Å²) in [6.07, 6.45) is -5.26. The number of anilines is 1. The standard InChI is InChI=1S/C25H42FN8O9P/c1-14(20(36)40-11-23(3,4)5)30-44(39,31-15(2)21(37)41-12-24(6,7)8)42-13-25(32-33-28)18(26)17(35)19(43-25)34-10-9-16(27)29-22(34)38/h9-10,14-15,17-19,35H,11-13H2,1-8H3,(H2,27,29,38)(H2,30,31,39)/t14-,15-,17+,18-,19+,25+/m0/s1. The van der Waals surface area contributed by atoms with E-state index in [1.165, 1.54) is 19.9 Å². The first-order valence-electron chi connectivity index (χ1n) is 13.7. The van der Waals surface area contributed by atoms with Gasteiger partial charge in [-0.1, -0.05) is 46.7 Å².